The summed E-state index contributed by atoms with van der Waals surface area (Å²) in [6.07, 6.45) is 2.48. The van der Waals surface area contributed by atoms with Crippen molar-refractivity contribution in [3.8, 4) is 0 Å². The Hall–Kier alpha value is -2.48. The summed E-state index contributed by atoms with van der Waals surface area (Å²) in [5.74, 6) is -0.272. The SMILES string of the molecule is COC(=O)C(Cc1cn(COCc2ccccc2)c(=[Se])n1COCc1ccccc1)N(C)C. The Morgan fingerprint density at radius 2 is 1.48 bits per heavy atom. The maximum atomic E-state index is 12.3. The number of carbonyl (C=O) groups excluding carboxylic acids is 1. The van der Waals surface area contributed by atoms with Crippen LogP contribution in [0.3, 0.4) is 0 Å². The average Bonchev–Trinajstić information content (AvgIpc) is 3.12. The Morgan fingerprint density at radius 1 is 0.939 bits per heavy atom. The number of benzene rings is 2. The molecule has 8 heteroatoms. The van der Waals surface area contributed by atoms with E-state index in [1.165, 1.54) is 7.11 Å². The van der Waals surface area contributed by atoms with Crippen molar-refractivity contribution in [2.75, 3.05) is 21.2 Å². The Bertz CT molecular complexity index is 1060. The first-order chi connectivity index (χ1) is 16.0. The summed E-state index contributed by atoms with van der Waals surface area (Å²) in [4.78, 5) is 14.2. The molecule has 3 rings (SSSR count). The normalized spacial score (nSPS) is 12.1. The van der Waals surface area contributed by atoms with Crippen LogP contribution in [-0.2, 0) is 52.1 Å². The van der Waals surface area contributed by atoms with Crippen LogP contribution < -0.4 is 0 Å². The Morgan fingerprint density at radius 3 is 2.00 bits per heavy atom. The van der Waals surface area contributed by atoms with Gasteiger partial charge in [0.25, 0.3) is 0 Å². The number of ether oxygens (including phenoxy) is 3. The molecule has 176 valence electrons. The zero-order valence-corrected chi connectivity index (χ0v) is 21.1. The molecule has 0 N–H and O–H groups in total. The van der Waals surface area contributed by atoms with Gasteiger partial charge >= 0.3 is 203 Å². The maximum absolute atomic E-state index is 12.3. The molecule has 3 aromatic rings. The predicted octanol–water partition coefficient (Wildman–Crippen LogP) is 2.98. The van der Waals surface area contributed by atoms with E-state index >= 15 is 0 Å². The first kappa shape index (κ1) is 25.1. The van der Waals surface area contributed by atoms with Crippen molar-refractivity contribution in [3.05, 3.63) is 88.0 Å². The molecule has 0 radical (unpaired) electrons. The van der Waals surface area contributed by atoms with Crippen molar-refractivity contribution in [1.82, 2.24) is 14.0 Å². The fourth-order valence-corrected chi connectivity index (χ4v) is 4.03. The second-order valence-electron chi connectivity index (χ2n) is 7.93. The van der Waals surface area contributed by atoms with Crippen molar-refractivity contribution in [3.63, 3.8) is 0 Å². The number of hydrogen-bond donors (Lipinski definition) is 0. The van der Waals surface area contributed by atoms with Crippen LogP contribution in [0.1, 0.15) is 16.8 Å². The second-order valence-corrected chi connectivity index (χ2v) is 8.70. The van der Waals surface area contributed by atoms with Crippen LogP contribution in [-0.4, -0.2) is 62.8 Å². The quantitative estimate of drug-likeness (QED) is 0.274. The molecule has 2 aromatic carbocycles. The van der Waals surface area contributed by atoms with Crippen LogP contribution in [0, 0.1) is 4.32 Å². The fourth-order valence-electron chi connectivity index (χ4n) is 3.45. The van der Waals surface area contributed by atoms with E-state index in [0.29, 0.717) is 33.1 Å². The van der Waals surface area contributed by atoms with Gasteiger partial charge in [-0.15, -0.1) is 0 Å². The van der Waals surface area contributed by atoms with Crippen molar-refractivity contribution >= 4 is 21.5 Å². The van der Waals surface area contributed by atoms with Gasteiger partial charge in [-0.25, -0.2) is 0 Å². The molecule has 1 atom stereocenters. The van der Waals surface area contributed by atoms with E-state index in [1.54, 1.807) is 0 Å². The minimum atomic E-state index is -0.407. The molecule has 7 nitrogen and oxygen atoms in total. The van der Waals surface area contributed by atoms with Crippen molar-refractivity contribution in [2.24, 2.45) is 0 Å². The third-order valence-electron chi connectivity index (χ3n) is 5.30. The van der Waals surface area contributed by atoms with Gasteiger partial charge in [0.1, 0.15) is 0 Å². The van der Waals surface area contributed by atoms with Gasteiger partial charge in [-0.2, -0.15) is 0 Å². The van der Waals surface area contributed by atoms with E-state index in [0.717, 1.165) is 21.1 Å². The molecule has 0 amide bonds. The zero-order valence-electron chi connectivity index (χ0n) is 19.3. The first-order valence-corrected chi connectivity index (χ1v) is 11.6. The third-order valence-corrected chi connectivity index (χ3v) is 6.26. The number of imidazole rings is 1. The minimum absolute atomic E-state index is 0.272. The third kappa shape index (κ3) is 7.25. The van der Waals surface area contributed by atoms with E-state index in [2.05, 4.69) is 15.6 Å². The summed E-state index contributed by atoms with van der Waals surface area (Å²) in [6.45, 7) is 1.73. The van der Waals surface area contributed by atoms with Gasteiger partial charge < -0.3 is 0 Å². The number of likely N-dealkylation sites (N-methyl/N-ethyl adjacent to an activating group) is 1. The van der Waals surface area contributed by atoms with E-state index in [1.807, 2.05) is 95.0 Å². The molecule has 0 spiro atoms. The van der Waals surface area contributed by atoms with Gasteiger partial charge in [-0.3, -0.25) is 0 Å². The monoisotopic (exact) mass is 517 g/mol. The molecule has 0 saturated carbocycles. The Balaban J connectivity index is 1.76. The number of nitrogens with zero attached hydrogens (tertiary/aromatic N) is 3. The molecule has 1 aromatic heterocycles. The summed E-state index contributed by atoms with van der Waals surface area (Å²) in [7, 11) is 5.16. The fraction of sp³-hybridized carbons (Fsp3) is 0.360. The van der Waals surface area contributed by atoms with Crippen LogP contribution in [0.5, 0.6) is 0 Å². The molecule has 0 saturated heterocycles. The van der Waals surface area contributed by atoms with Gasteiger partial charge in [0.2, 0.25) is 0 Å². The number of hydrogen-bond acceptors (Lipinski definition) is 5. The molecular formula is C25H31N3O4Se. The summed E-state index contributed by atoms with van der Waals surface area (Å²) in [5.41, 5.74) is 3.17. The molecule has 0 bridgehead atoms. The predicted molar refractivity (Wildman–Crippen MR) is 127 cm³/mol. The van der Waals surface area contributed by atoms with Gasteiger partial charge in [0.15, 0.2) is 0 Å². The van der Waals surface area contributed by atoms with E-state index < -0.39 is 6.04 Å². The van der Waals surface area contributed by atoms with Crippen molar-refractivity contribution in [2.45, 2.75) is 39.1 Å². The van der Waals surface area contributed by atoms with E-state index in [9.17, 15) is 4.79 Å². The molecule has 33 heavy (non-hydrogen) atoms. The average molecular weight is 517 g/mol. The van der Waals surface area contributed by atoms with Gasteiger partial charge in [0, 0.05) is 0 Å². The van der Waals surface area contributed by atoms with Crippen LogP contribution in [0.25, 0.3) is 0 Å². The molecule has 0 aliphatic heterocycles. The van der Waals surface area contributed by atoms with Crippen LogP contribution in [0.2, 0.25) is 0 Å². The molecule has 0 aliphatic carbocycles. The Kier molecular flexibility index (Phi) is 9.66. The second kappa shape index (κ2) is 12.7. The number of methoxy groups -OCH3 is 1. The molecule has 0 aliphatic rings. The molecular weight excluding hydrogens is 485 g/mol. The summed E-state index contributed by atoms with van der Waals surface area (Å²) in [5, 5.41) is 0. The summed E-state index contributed by atoms with van der Waals surface area (Å²) >= 11 is 3.14. The van der Waals surface area contributed by atoms with Crippen molar-refractivity contribution < 1.29 is 19.0 Å². The number of rotatable bonds is 12. The molecule has 0 fully saturated rings. The van der Waals surface area contributed by atoms with E-state index in [-0.39, 0.29) is 5.97 Å². The Labute approximate surface area is 202 Å². The van der Waals surface area contributed by atoms with Gasteiger partial charge in [-0.1, -0.05) is 0 Å². The van der Waals surface area contributed by atoms with Crippen LogP contribution in [0.4, 0.5) is 0 Å². The van der Waals surface area contributed by atoms with Gasteiger partial charge in [-0.05, 0) is 0 Å². The topological polar surface area (TPSA) is 57.9 Å². The standard InChI is InChI=1S/C25H31N3O4Se/c1-26(2)23(24(29)30-3)14-22-15-27(18-31-16-20-10-6-4-7-11-20)25(33)28(22)19-32-17-21-12-8-5-9-13-21/h4-13,15,23H,14,16-19H2,1-3H3. The first-order valence-electron chi connectivity index (χ1n) is 10.8. The number of esters is 1. The summed E-state index contributed by atoms with van der Waals surface area (Å²) in [6, 6.07) is 19.7. The molecule has 1 unspecified atom stereocenters. The van der Waals surface area contributed by atoms with Gasteiger partial charge in [0.05, 0.1) is 0 Å². The van der Waals surface area contributed by atoms with Crippen LogP contribution in [0.15, 0.2) is 66.9 Å². The number of aromatic nitrogens is 2. The molecule has 1 heterocycles. The van der Waals surface area contributed by atoms with Crippen LogP contribution >= 0.6 is 0 Å². The number of carbonyl (C=O) groups is 1. The van der Waals surface area contributed by atoms with Crippen molar-refractivity contribution in [1.29, 1.82) is 0 Å². The summed E-state index contributed by atoms with van der Waals surface area (Å²) < 4.78 is 21.9. The zero-order chi connectivity index (χ0) is 23.6. The van der Waals surface area contributed by atoms with E-state index in [4.69, 9.17) is 14.2 Å².